The quantitative estimate of drug-likeness (QED) is 0.779. The first kappa shape index (κ1) is 10.6. The summed E-state index contributed by atoms with van der Waals surface area (Å²) < 4.78 is 5.52. The van der Waals surface area contributed by atoms with Crippen molar-refractivity contribution in [2.45, 2.75) is 44.3 Å². The lowest BCUT2D eigenvalue weighted by Crippen LogP contribution is -2.06. The molecule has 84 valence electrons. The van der Waals surface area contributed by atoms with Gasteiger partial charge in [-0.2, -0.15) is 0 Å². The molecule has 2 rings (SSSR count). The Kier molecular flexibility index (Phi) is 3.75. The molecule has 0 saturated carbocycles. The normalized spacial score (nSPS) is 23.1. The van der Waals surface area contributed by atoms with Gasteiger partial charge in [-0.3, -0.25) is 0 Å². The van der Waals surface area contributed by atoms with Crippen molar-refractivity contribution < 1.29 is 9.84 Å². The fourth-order valence-electron chi connectivity index (χ4n) is 2.01. The number of nitrogens with one attached hydrogen (secondary N) is 1. The molecule has 2 atom stereocenters. The zero-order chi connectivity index (χ0) is 10.5. The van der Waals surface area contributed by atoms with Crippen LogP contribution in [0.25, 0.3) is 0 Å². The van der Waals surface area contributed by atoms with Crippen LogP contribution in [-0.4, -0.2) is 27.8 Å². The molecule has 15 heavy (non-hydrogen) atoms. The van der Waals surface area contributed by atoms with Gasteiger partial charge in [0.1, 0.15) is 11.9 Å². The summed E-state index contributed by atoms with van der Waals surface area (Å²) in [5.41, 5.74) is 0. The molecule has 1 aliphatic rings. The average Bonchev–Trinajstić information content (AvgIpc) is 2.90. The van der Waals surface area contributed by atoms with E-state index in [9.17, 15) is 5.11 Å². The number of nitrogens with zero attached hydrogens (tertiary/aromatic N) is 1. The van der Waals surface area contributed by atoms with Gasteiger partial charge < -0.3 is 14.8 Å². The number of rotatable bonds is 5. The number of H-pyrrole nitrogens is 1. The van der Waals surface area contributed by atoms with Crippen LogP contribution >= 0.6 is 0 Å². The van der Waals surface area contributed by atoms with Crippen LogP contribution in [0.4, 0.5) is 0 Å². The number of aromatic amines is 1. The molecule has 4 nitrogen and oxygen atoms in total. The summed E-state index contributed by atoms with van der Waals surface area (Å²) in [6, 6.07) is 0. The third-order valence-corrected chi connectivity index (χ3v) is 2.86. The van der Waals surface area contributed by atoms with E-state index in [2.05, 4.69) is 9.97 Å². The van der Waals surface area contributed by atoms with Gasteiger partial charge in [0.2, 0.25) is 0 Å². The molecule has 0 aromatic carbocycles. The highest BCUT2D eigenvalue weighted by Gasteiger charge is 2.16. The fraction of sp³-hybridized carbons (Fsp3) is 0.727. The van der Waals surface area contributed by atoms with Crippen LogP contribution in [-0.2, 0) is 4.74 Å². The molecule has 1 aromatic rings. The van der Waals surface area contributed by atoms with Crippen LogP contribution in [0.15, 0.2) is 12.4 Å². The predicted octanol–water partition coefficient (Wildman–Crippen LogP) is 1.79. The highest BCUT2D eigenvalue weighted by Crippen LogP contribution is 2.21. The first-order valence-corrected chi connectivity index (χ1v) is 5.65. The van der Waals surface area contributed by atoms with Crippen molar-refractivity contribution >= 4 is 0 Å². The van der Waals surface area contributed by atoms with Crippen molar-refractivity contribution in [3.05, 3.63) is 18.2 Å². The minimum absolute atomic E-state index is 0.425. The van der Waals surface area contributed by atoms with E-state index in [1.54, 1.807) is 12.4 Å². The van der Waals surface area contributed by atoms with E-state index in [1.807, 2.05) is 0 Å². The van der Waals surface area contributed by atoms with Gasteiger partial charge in [0.15, 0.2) is 0 Å². The molecule has 2 unspecified atom stereocenters. The molecule has 1 aromatic heterocycles. The summed E-state index contributed by atoms with van der Waals surface area (Å²) in [6.07, 6.45) is 8.53. The first-order chi connectivity index (χ1) is 7.36. The van der Waals surface area contributed by atoms with Crippen molar-refractivity contribution in [1.29, 1.82) is 0 Å². The molecule has 2 N–H and O–H groups in total. The van der Waals surface area contributed by atoms with Crippen LogP contribution in [0, 0.1) is 0 Å². The molecule has 0 aliphatic carbocycles. The molecule has 0 bridgehead atoms. The number of hydrogen-bond acceptors (Lipinski definition) is 3. The number of aliphatic hydroxyl groups is 1. The Bertz CT molecular complexity index is 268. The smallest absolute Gasteiger partial charge is 0.134 e. The van der Waals surface area contributed by atoms with Crippen LogP contribution in [0.1, 0.15) is 44.0 Å². The summed E-state index contributed by atoms with van der Waals surface area (Å²) in [5, 5.41) is 9.75. The maximum absolute atomic E-state index is 9.75. The summed E-state index contributed by atoms with van der Waals surface area (Å²) in [5.74, 6) is 0.669. The van der Waals surface area contributed by atoms with Gasteiger partial charge in [0.25, 0.3) is 0 Å². The van der Waals surface area contributed by atoms with Crippen molar-refractivity contribution in [2.24, 2.45) is 0 Å². The Morgan fingerprint density at radius 2 is 2.60 bits per heavy atom. The van der Waals surface area contributed by atoms with Crippen molar-refractivity contribution in [3.8, 4) is 0 Å². The third-order valence-electron chi connectivity index (χ3n) is 2.86. The summed E-state index contributed by atoms with van der Waals surface area (Å²) in [4.78, 5) is 6.95. The van der Waals surface area contributed by atoms with Crippen LogP contribution in [0.2, 0.25) is 0 Å². The van der Waals surface area contributed by atoms with E-state index in [0.29, 0.717) is 11.9 Å². The standard InChI is InChI=1S/C11H18N2O2/c14-10(11-12-6-7-13-11)5-1-3-9-4-2-8-15-9/h6-7,9-10,14H,1-5,8H2,(H,12,13). The monoisotopic (exact) mass is 210 g/mol. The zero-order valence-electron chi connectivity index (χ0n) is 8.85. The minimum Gasteiger partial charge on any atom is -0.385 e. The molecule has 0 radical (unpaired) electrons. The number of hydrogen-bond donors (Lipinski definition) is 2. The topological polar surface area (TPSA) is 58.1 Å². The third kappa shape index (κ3) is 3.04. The number of aromatic nitrogens is 2. The summed E-state index contributed by atoms with van der Waals surface area (Å²) in [7, 11) is 0. The van der Waals surface area contributed by atoms with E-state index in [1.165, 1.54) is 12.8 Å². The number of imidazole rings is 1. The summed E-state index contributed by atoms with van der Waals surface area (Å²) in [6.45, 7) is 0.908. The van der Waals surface area contributed by atoms with Gasteiger partial charge >= 0.3 is 0 Å². The Balaban J connectivity index is 1.65. The van der Waals surface area contributed by atoms with E-state index < -0.39 is 6.10 Å². The molecule has 2 heterocycles. The van der Waals surface area contributed by atoms with Gasteiger partial charge in [-0.05, 0) is 32.1 Å². The van der Waals surface area contributed by atoms with Crippen molar-refractivity contribution in [1.82, 2.24) is 9.97 Å². The second-order valence-electron chi connectivity index (χ2n) is 4.06. The Morgan fingerprint density at radius 3 is 3.27 bits per heavy atom. The van der Waals surface area contributed by atoms with Gasteiger partial charge in [-0.1, -0.05) is 0 Å². The molecule has 0 amide bonds. The second-order valence-corrected chi connectivity index (χ2v) is 4.06. The lowest BCUT2D eigenvalue weighted by molar-refractivity contribution is 0.0934. The maximum atomic E-state index is 9.75. The highest BCUT2D eigenvalue weighted by molar-refractivity contribution is 4.91. The van der Waals surface area contributed by atoms with Gasteiger partial charge in [-0.15, -0.1) is 0 Å². The highest BCUT2D eigenvalue weighted by atomic mass is 16.5. The van der Waals surface area contributed by atoms with Crippen LogP contribution in [0.5, 0.6) is 0 Å². The zero-order valence-corrected chi connectivity index (χ0v) is 8.85. The van der Waals surface area contributed by atoms with Gasteiger partial charge in [-0.25, -0.2) is 4.98 Å². The lowest BCUT2D eigenvalue weighted by atomic mass is 10.1. The van der Waals surface area contributed by atoms with Gasteiger partial charge in [0, 0.05) is 19.0 Å². The molecular weight excluding hydrogens is 192 g/mol. The van der Waals surface area contributed by atoms with Crippen LogP contribution < -0.4 is 0 Å². The predicted molar refractivity (Wildman–Crippen MR) is 56.4 cm³/mol. The van der Waals surface area contributed by atoms with E-state index >= 15 is 0 Å². The second kappa shape index (κ2) is 5.28. The molecule has 1 aliphatic heterocycles. The largest absolute Gasteiger partial charge is 0.385 e. The minimum atomic E-state index is -0.457. The first-order valence-electron chi connectivity index (χ1n) is 5.65. The van der Waals surface area contributed by atoms with Crippen molar-refractivity contribution in [2.75, 3.05) is 6.61 Å². The van der Waals surface area contributed by atoms with E-state index in [4.69, 9.17) is 4.74 Å². The Morgan fingerprint density at radius 1 is 1.67 bits per heavy atom. The van der Waals surface area contributed by atoms with E-state index in [0.717, 1.165) is 25.9 Å². The average molecular weight is 210 g/mol. The van der Waals surface area contributed by atoms with Crippen molar-refractivity contribution in [3.63, 3.8) is 0 Å². The number of ether oxygens (including phenoxy) is 1. The lowest BCUT2D eigenvalue weighted by Gasteiger charge is -2.11. The van der Waals surface area contributed by atoms with Gasteiger partial charge in [0.05, 0.1) is 6.10 Å². The molecule has 0 spiro atoms. The molecule has 4 heteroatoms. The Labute approximate surface area is 89.7 Å². The van der Waals surface area contributed by atoms with Crippen LogP contribution in [0.3, 0.4) is 0 Å². The molecular formula is C11H18N2O2. The molecule has 1 saturated heterocycles. The molecule has 1 fully saturated rings. The summed E-state index contributed by atoms with van der Waals surface area (Å²) >= 11 is 0. The Hall–Kier alpha value is -0.870. The van der Waals surface area contributed by atoms with E-state index in [-0.39, 0.29) is 0 Å². The number of aliphatic hydroxyl groups excluding tert-OH is 1. The maximum Gasteiger partial charge on any atom is 0.134 e. The SMILES string of the molecule is OC(CCCC1CCCO1)c1ncc[nH]1. The fourth-order valence-corrected chi connectivity index (χ4v) is 2.01.